The van der Waals surface area contributed by atoms with Crippen molar-refractivity contribution in [1.29, 1.82) is 0 Å². The van der Waals surface area contributed by atoms with Gasteiger partial charge in [0, 0.05) is 38.4 Å². The monoisotopic (exact) mass is 865 g/mol. The van der Waals surface area contributed by atoms with Gasteiger partial charge in [-0.1, -0.05) is 188 Å². The van der Waals surface area contributed by atoms with Gasteiger partial charge in [0.1, 0.15) is 0 Å². The molecular weight excluding hydrogens is 827 g/mol. The summed E-state index contributed by atoms with van der Waals surface area (Å²) in [5.74, 6) is 1.80. The molecule has 0 amide bonds. The minimum absolute atomic E-state index is 0.567. The Morgan fingerprint density at radius 2 is 0.676 bits per heavy atom. The first-order chi connectivity index (χ1) is 33.7. The van der Waals surface area contributed by atoms with Crippen molar-refractivity contribution in [3.8, 4) is 56.7 Å². The largest absolute Gasteiger partial charge is 0.309 e. The first-order valence-electron chi connectivity index (χ1n) is 23.1. The molecule has 5 heteroatoms. The number of hydrogen-bond acceptors (Lipinski definition) is 3. The van der Waals surface area contributed by atoms with Crippen LogP contribution in [0.15, 0.2) is 237 Å². The van der Waals surface area contributed by atoms with E-state index in [1.54, 1.807) is 0 Å². The Bertz CT molecular complexity index is 4280. The van der Waals surface area contributed by atoms with E-state index in [1.165, 1.54) is 54.2 Å². The SMILES string of the molecule is c1ccc(-c2cccc(-c3nc(-c4ccccc4)nc(-n4c5ccccc5c5c6c7ccccc7n(-c7cccc(-c8ccc9c%10ccccc%10c%10ccccc%10c9c8)c7)c6ccc54)n3)c2)cc1. The third-order valence-corrected chi connectivity index (χ3v) is 13.7. The first kappa shape index (κ1) is 38.1. The van der Waals surface area contributed by atoms with Crippen molar-refractivity contribution in [2.45, 2.75) is 0 Å². The molecule has 14 rings (SSSR count). The van der Waals surface area contributed by atoms with Gasteiger partial charge in [-0.3, -0.25) is 4.57 Å². The molecule has 0 aliphatic rings. The molecule has 0 atom stereocenters. The molecule has 0 bridgehead atoms. The maximum Gasteiger partial charge on any atom is 0.238 e. The van der Waals surface area contributed by atoms with Crippen molar-refractivity contribution in [3.05, 3.63) is 237 Å². The molecule has 11 aromatic carbocycles. The Hall–Kier alpha value is -9.19. The quantitative estimate of drug-likeness (QED) is 0.156. The topological polar surface area (TPSA) is 48.5 Å². The van der Waals surface area contributed by atoms with Crippen LogP contribution in [-0.2, 0) is 0 Å². The normalized spacial score (nSPS) is 11.8. The zero-order valence-electron chi connectivity index (χ0n) is 36.8. The molecule has 3 heterocycles. The summed E-state index contributed by atoms with van der Waals surface area (Å²) in [4.78, 5) is 15.7. The molecule has 0 N–H and O–H groups in total. The van der Waals surface area contributed by atoms with Crippen LogP contribution in [0.3, 0.4) is 0 Å². The number of rotatable bonds is 6. The van der Waals surface area contributed by atoms with Gasteiger partial charge in [-0.2, -0.15) is 9.97 Å². The Kier molecular flexibility index (Phi) is 8.52. The molecule has 0 unspecified atom stereocenters. The zero-order chi connectivity index (χ0) is 44.7. The van der Waals surface area contributed by atoms with Gasteiger partial charge in [-0.15, -0.1) is 0 Å². The second-order valence-corrected chi connectivity index (χ2v) is 17.6. The number of hydrogen-bond donors (Lipinski definition) is 0. The maximum absolute atomic E-state index is 5.33. The minimum Gasteiger partial charge on any atom is -0.309 e. The molecule has 0 radical (unpaired) electrons. The maximum atomic E-state index is 5.33. The standard InChI is InChI=1S/C63H39N5/c1-3-17-40(18-4-1)42-21-15-23-45(37-42)62-64-61(41-19-5-2-6-20-41)65-63(66-62)68-56-32-14-12-30-53(56)60-58(68)36-35-57-59(60)52-29-11-13-31-55(52)67(57)46-24-16-22-43(38-46)44-33-34-51-49-27-8-7-25-47(49)48-26-9-10-28-50(48)54(51)39-44/h1-39H. The van der Waals surface area contributed by atoms with Crippen molar-refractivity contribution >= 4 is 75.9 Å². The molecule has 0 saturated heterocycles. The highest BCUT2D eigenvalue weighted by atomic mass is 15.2. The van der Waals surface area contributed by atoms with E-state index < -0.39 is 0 Å². The molecule has 316 valence electrons. The van der Waals surface area contributed by atoms with E-state index in [9.17, 15) is 0 Å². The number of aromatic nitrogens is 5. The second kappa shape index (κ2) is 15.2. The molecule has 5 nitrogen and oxygen atoms in total. The Morgan fingerprint density at radius 3 is 1.32 bits per heavy atom. The summed E-state index contributed by atoms with van der Waals surface area (Å²) in [5.41, 5.74) is 11.9. The van der Waals surface area contributed by atoms with Crippen LogP contribution in [0, 0.1) is 0 Å². The Labute approximate surface area is 391 Å². The highest BCUT2D eigenvalue weighted by Gasteiger charge is 2.23. The van der Waals surface area contributed by atoms with E-state index in [0.29, 0.717) is 17.6 Å². The van der Waals surface area contributed by atoms with Gasteiger partial charge in [0.05, 0.1) is 22.1 Å². The molecule has 14 aromatic rings. The minimum atomic E-state index is 0.567. The summed E-state index contributed by atoms with van der Waals surface area (Å²) in [6.45, 7) is 0. The summed E-state index contributed by atoms with van der Waals surface area (Å²) in [7, 11) is 0. The average Bonchev–Trinajstić information content (AvgIpc) is 3.94. The smallest absolute Gasteiger partial charge is 0.238 e. The number of para-hydroxylation sites is 2. The van der Waals surface area contributed by atoms with Crippen molar-refractivity contribution in [2.75, 3.05) is 0 Å². The van der Waals surface area contributed by atoms with Crippen molar-refractivity contribution in [1.82, 2.24) is 24.1 Å². The summed E-state index contributed by atoms with van der Waals surface area (Å²) in [6.07, 6.45) is 0. The third-order valence-electron chi connectivity index (χ3n) is 13.7. The van der Waals surface area contributed by atoms with Crippen LogP contribution in [0.25, 0.3) is 133 Å². The second-order valence-electron chi connectivity index (χ2n) is 17.6. The predicted molar refractivity (Wildman–Crippen MR) is 283 cm³/mol. The van der Waals surface area contributed by atoms with E-state index >= 15 is 0 Å². The molecule has 0 aliphatic carbocycles. The molecule has 0 spiro atoms. The van der Waals surface area contributed by atoms with Crippen molar-refractivity contribution in [3.63, 3.8) is 0 Å². The lowest BCUT2D eigenvalue weighted by Crippen LogP contribution is -2.06. The van der Waals surface area contributed by atoms with E-state index in [1.807, 2.05) is 24.3 Å². The first-order valence-corrected chi connectivity index (χ1v) is 23.1. The highest BCUT2D eigenvalue weighted by molar-refractivity contribution is 6.29. The summed E-state index contributed by atoms with van der Waals surface area (Å²) in [6, 6.07) is 84.6. The van der Waals surface area contributed by atoms with Gasteiger partial charge < -0.3 is 4.57 Å². The summed E-state index contributed by atoms with van der Waals surface area (Å²) < 4.78 is 4.65. The van der Waals surface area contributed by atoms with Crippen LogP contribution in [0.4, 0.5) is 0 Å². The molecule has 0 fully saturated rings. The fourth-order valence-electron chi connectivity index (χ4n) is 10.7. The molecule has 0 saturated carbocycles. The van der Waals surface area contributed by atoms with Crippen LogP contribution in [0.5, 0.6) is 0 Å². The number of fused-ring (bicyclic) bond motifs is 13. The lowest BCUT2D eigenvalue weighted by molar-refractivity contribution is 0.953. The fourth-order valence-corrected chi connectivity index (χ4v) is 10.7. The van der Waals surface area contributed by atoms with Gasteiger partial charge in [-0.25, -0.2) is 4.98 Å². The Morgan fingerprint density at radius 1 is 0.235 bits per heavy atom. The number of benzene rings is 11. The van der Waals surface area contributed by atoms with E-state index in [0.717, 1.165) is 60.8 Å². The average molecular weight is 866 g/mol. The van der Waals surface area contributed by atoms with E-state index in [-0.39, 0.29) is 0 Å². The van der Waals surface area contributed by atoms with Crippen LogP contribution < -0.4 is 0 Å². The van der Waals surface area contributed by atoms with Gasteiger partial charge in [0.15, 0.2) is 11.6 Å². The van der Waals surface area contributed by atoms with Crippen LogP contribution in [-0.4, -0.2) is 24.1 Å². The third kappa shape index (κ3) is 5.93. The van der Waals surface area contributed by atoms with Crippen molar-refractivity contribution < 1.29 is 0 Å². The van der Waals surface area contributed by atoms with Gasteiger partial charge in [0.2, 0.25) is 5.95 Å². The highest BCUT2D eigenvalue weighted by Crippen LogP contribution is 2.43. The molecule has 0 aliphatic heterocycles. The summed E-state index contributed by atoms with van der Waals surface area (Å²) >= 11 is 0. The van der Waals surface area contributed by atoms with Crippen LogP contribution in [0.2, 0.25) is 0 Å². The van der Waals surface area contributed by atoms with Gasteiger partial charge >= 0.3 is 0 Å². The van der Waals surface area contributed by atoms with Gasteiger partial charge in [0.25, 0.3) is 0 Å². The molecule has 68 heavy (non-hydrogen) atoms. The van der Waals surface area contributed by atoms with Crippen molar-refractivity contribution in [2.24, 2.45) is 0 Å². The molecule has 3 aromatic heterocycles. The van der Waals surface area contributed by atoms with E-state index in [4.69, 9.17) is 15.0 Å². The lowest BCUT2D eigenvalue weighted by Gasteiger charge is -2.13. The predicted octanol–water partition coefficient (Wildman–Crippen LogP) is 16.2. The van der Waals surface area contributed by atoms with E-state index in [2.05, 4.69) is 221 Å². The number of nitrogens with zero attached hydrogens (tertiary/aromatic N) is 5. The van der Waals surface area contributed by atoms with Crippen LogP contribution in [0.1, 0.15) is 0 Å². The fraction of sp³-hybridized carbons (Fsp3) is 0. The van der Waals surface area contributed by atoms with Crippen LogP contribution >= 0.6 is 0 Å². The Balaban J connectivity index is 0.973. The lowest BCUT2D eigenvalue weighted by atomic mass is 9.92. The zero-order valence-corrected chi connectivity index (χ0v) is 36.8. The molecular formula is C63H39N5. The summed E-state index contributed by atoms with van der Waals surface area (Å²) in [5, 5.41) is 12.3. The van der Waals surface area contributed by atoms with Gasteiger partial charge in [-0.05, 0) is 103 Å².